The summed E-state index contributed by atoms with van der Waals surface area (Å²) in [6.45, 7) is 0. The maximum atomic E-state index is 13.2. The van der Waals surface area contributed by atoms with Gasteiger partial charge in [-0.25, -0.2) is 4.39 Å². The number of anilines is 1. The maximum Gasteiger partial charge on any atom is 0.143 e. The molecule has 0 aliphatic heterocycles. The Morgan fingerprint density at radius 3 is 2.83 bits per heavy atom. The van der Waals surface area contributed by atoms with E-state index in [2.05, 4.69) is 22.6 Å². The maximum absolute atomic E-state index is 13.2. The van der Waals surface area contributed by atoms with E-state index in [1.54, 1.807) is 6.07 Å². The van der Waals surface area contributed by atoms with Gasteiger partial charge in [0.2, 0.25) is 0 Å². The second kappa shape index (κ2) is 2.85. The third-order valence-corrected chi connectivity index (χ3v) is 3.48. The van der Waals surface area contributed by atoms with Gasteiger partial charge in [-0.05, 0) is 46.2 Å². The Morgan fingerprint density at radius 1 is 1.33 bits per heavy atom. The monoisotopic (exact) mass is 293 g/mol. The number of thiophene rings is 1. The van der Waals surface area contributed by atoms with Crippen molar-refractivity contribution in [3.63, 3.8) is 0 Å². The van der Waals surface area contributed by atoms with Gasteiger partial charge in [0.25, 0.3) is 0 Å². The third-order valence-electron chi connectivity index (χ3n) is 1.56. The van der Waals surface area contributed by atoms with Crippen molar-refractivity contribution in [1.29, 1.82) is 0 Å². The van der Waals surface area contributed by atoms with Crippen molar-refractivity contribution in [2.45, 2.75) is 0 Å². The van der Waals surface area contributed by atoms with Gasteiger partial charge in [0, 0.05) is 5.69 Å². The highest BCUT2D eigenvalue weighted by molar-refractivity contribution is 14.1. The van der Waals surface area contributed by atoms with Crippen molar-refractivity contribution < 1.29 is 4.39 Å². The van der Waals surface area contributed by atoms with E-state index in [9.17, 15) is 4.39 Å². The Bertz CT molecular complexity index is 438. The third kappa shape index (κ3) is 1.29. The van der Waals surface area contributed by atoms with Crippen molar-refractivity contribution in [1.82, 2.24) is 0 Å². The topological polar surface area (TPSA) is 26.0 Å². The fourth-order valence-corrected chi connectivity index (χ4v) is 2.87. The Hall–Kier alpha value is -0.360. The number of benzene rings is 1. The Kier molecular flexibility index (Phi) is 1.96. The van der Waals surface area contributed by atoms with E-state index in [0.717, 1.165) is 8.27 Å². The summed E-state index contributed by atoms with van der Waals surface area (Å²) in [5.41, 5.74) is 5.98. The van der Waals surface area contributed by atoms with Crippen molar-refractivity contribution >= 4 is 49.7 Å². The standard InChI is InChI=1S/C8H5FINS/c9-6-3-5(11)1-4-2-7(10)12-8(4)6/h1-3H,11H2. The van der Waals surface area contributed by atoms with Crippen LogP contribution < -0.4 is 5.73 Å². The van der Waals surface area contributed by atoms with Crippen LogP contribution in [0.1, 0.15) is 0 Å². The van der Waals surface area contributed by atoms with Crippen LogP contribution in [0.5, 0.6) is 0 Å². The van der Waals surface area contributed by atoms with Gasteiger partial charge in [0.1, 0.15) is 5.82 Å². The van der Waals surface area contributed by atoms with Gasteiger partial charge in [-0.3, -0.25) is 0 Å². The predicted octanol–water partition coefficient (Wildman–Crippen LogP) is 3.23. The van der Waals surface area contributed by atoms with Crippen LogP contribution in [0.2, 0.25) is 0 Å². The zero-order chi connectivity index (χ0) is 8.72. The summed E-state index contributed by atoms with van der Waals surface area (Å²) < 4.78 is 15.0. The molecule has 0 unspecified atom stereocenters. The smallest absolute Gasteiger partial charge is 0.143 e. The molecule has 0 atom stereocenters. The molecular weight excluding hydrogens is 288 g/mol. The number of hydrogen-bond acceptors (Lipinski definition) is 2. The summed E-state index contributed by atoms with van der Waals surface area (Å²) in [7, 11) is 0. The van der Waals surface area contributed by atoms with Crippen molar-refractivity contribution in [2.24, 2.45) is 0 Å². The first-order valence-electron chi connectivity index (χ1n) is 3.31. The molecule has 1 nitrogen and oxygen atoms in total. The quantitative estimate of drug-likeness (QED) is 0.586. The fraction of sp³-hybridized carbons (Fsp3) is 0. The lowest BCUT2D eigenvalue weighted by atomic mass is 10.2. The van der Waals surface area contributed by atoms with Crippen LogP contribution in [0.3, 0.4) is 0 Å². The largest absolute Gasteiger partial charge is 0.399 e. The summed E-state index contributed by atoms with van der Waals surface area (Å²) in [6.07, 6.45) is 0. The SMILES string of the molecule is Nc1cc(F)c2sc(I)cc2c1. The van der Waals surface area contributed by atoms with Gasteiger partial charge in [-0.15, -0.1) is 11.3 Å². The molecular formula is C8H5FINS. The first kappa shape index (κ1) is 8.25. The molecule has 12 heavy (non-hydrogen) atoms. The molecule has 0 saturated heterocycles. The minimum Gasteiger partial charge on any atom is -0.399 e. The van der Waals surface area contributed by atoms with Crippen LogP contribution in [-0.2, 0) is 0 Å². The molecule has 2 aromatic rings. The van der Waals surface area contributed by atoms with Crippen molar-refractivity contribution in [3.05, 3.63) is 26.9 Å². The second-order valence-corrected chi connectivity index (χ2v) is 5.42. The molecule has 2 rings (SSSR count). The van der Waals surface area contributed by atoms with E-state index < -0.39 is 0 Å². The number of hydrogen-bond donors (Lipinski definition) is 1. The molecule has 0 bridgehead atoms. The number of halogens is 2. The van der Waals surface area contributed by atoms with Gasteiger partial charge >= 0.3 is 0 Å². The van der Waals surface area contributed by atoms with Crippen molar-refractivity contribution in [2.75, 3.05) is 5.73 Å². The van der Waals surface area contributed by atoms with Crippen LogP contribution in [0, 0.1) is 8.70 Å². The fourth-order valence-electron chi connectivity index (χ4n) is 1.10. The zero-order valence-corrected chi connectivity index (χ0v) is 8.95. The average molecular weight is 293 g/mol. The lowest BCUT2D eigenvalue weighted by molar-refractivity contribution is 0.642. The summed E-state index contributed by atoms with van der Waals surface area (Å²) in [4.78, 5) is 0. The average Bonchev–Trinajstić information content (AvgIpc) is 2.29. The van der Waals surface area contributed by atoms with Crippen LogP contribution in [-0.4, -0.2) is 0 Å². The Morgan fingerprint density at radius 2 is 2.08 bits per heavy atom. The number of rotatable bonds is 0. The molecule has 0 amide bonds. The normalized spacial score (nSPS) is 10.8. The molecule has 4 heteroatoms. The molecule has 0 saturated carbocycles. The highest BCUT2D eigenvalue weighted by atomic mass is 127. The summed E-state index contributed by atoms with van der Waals surface area (Å²) in [6, 6.07) is 5.08. The van der Waals surface area contributed by atoms with Gasteiger partial charge in [0.05, 0.1) is 7.58 Å². The molecule has 62 valence electrons. The molecule has 0 aliphatic rings. The van der Waals surface area contributed by atoms with E-state index in [0.29, 0.717) is 10.4 Å². The van der Waals surface area contributed by atoms with E-state index >= 15 is 0 Å². The summed E-state index contributed by atoms with van der Waals surface area (Å²) in [5.74, 6) is -0.224. The molecule has 1 aromatic carbocycles. The van der Waals surface area contributed by atoms with Crippen LogP contribution >= 0.6 is 33.9 Å². The zero-order valence-electron chi connectivity index (χ0n) is 5.97. The first-order chi connectivity index (χ1) is 5.66. The molecule has 2 N–H and O–H groups in total. The molecule has 1 heterocycles. The minimum absolute atomic E-state index is 0.224. The first-order valence-corrected chi connectivity index (χ1v) is 5.20. The molecule has 0 radical (unpaired) electrons. The lowest BCUT2D eigenvalue weighted by Gasteiger charge is -1.94. The van der Waals surface area contributed by atoms with Crippen LogP contribution in [0.15, 0.2) is 18.2 Å². The Balaban J connectivity index is 2.88. The molecule has 0 spiro atoms. The summed E-state index contributed by atoms with van der Waals surface area (Å²) >= 11 is 3.62. The van der Waals surface area contributed by atoms with E-state index in [1.165, 1.54) is 17.4 Å². The Labute approximate surface area is 86.5 Å². The van der Waals surface area contributed by atoms with Gasteiger partial charge in [0.15, 0.2) is 0 Å². The van der Waals surface area contributed by atoms with E-state index in [1.807, 2.05) is 6.07 Å². The highest BCUT2D eigenvalue weighted by Crippen LogP contribution is 2.30. The number of nitrogens with two attached hydrogens (primary N) is 1. The molecule has 0 aliphatic carbocycles. The van der Waals surface area contributed by atoms with E-state index in [4.69, 9.17) is 5.73 Å². The predicted molar refractivity (Wildman–Crippen MR) is 58.9 cm³/mol. The number of fused-ring (bicyclic) bond motifs is 1. The minimum atomic E-state index is -0.224. The highest BCUT2D eigenvalue weighted by Gasteiger charge is 2.05. The summed E-state index contributed by atoms with van der Waals surface area (Å²) in [5, 5.41) is 0.891. The lowest BCUT2D eigenvalue weighted by Crippen LogP contribution is -1.84. The van der Waals surface area contributed by atoms with Crippen LogP contribution in [0.4, 0.5) is 10.1 Å². The van der Waals surface area contributed by atoms with Gasteiger partial charge < -0.3 is 5.73 Å². The van der Waals surface area contributed by atoms with E-state index in [-0.39, 0.29) is 5.82 Å². The second-order valence-electron chi connectivity index (χ2n) is 2.47. The number of nitrogen functional groups attached to an aromatic ring is 1. The van der Waals surface area contributed by atoms with Crippen LogP contribution in [0.25, 0.3) is 10.1 Å². The van der Waals surface area contributed by atoms with Gasteiger partial charge in [-0.2, -0.15) is 0 Å². The molecule has 0 fully saturated rings. The van der Waals surface area contributed by atoms with Crippen molar-refractivity contribution in [3.8, 4) is 0 Å². The molecule has 1 aromatic heterocycles. The van der Waals surface area contributed by atoms with Gasteiger partial charge in [-0.1, -0.05) is 0 Å².